The number of hydrogen-bond donors (Lipinski definition) is 1. The molecule has 0 rings (SSSR count). The minimum absolute atomic E-state index is 0.482. The van der Waals surface area contributed by atoms with E-state index in [1.54, 1.807) is 0 Å². The summed E-state index contributed by atoms with van der Waals surface area (Å²) in [5.74, 6) is 0. The summed E-state index contributed by atoms with van der Waals surface area (Å²) >= 11 is 5.73. The van der Waals surface area contributed by atoms with Gasteiger partial charge in [0.05, 0.1) is 0 Å². The molecule has 0 aromatic rings. The average molecular weight is 213 g/mol. The number of unbranched alkanes of at least 4 members (excludes halogenated alkanes) is 2. The van der Waals surface area contributed by atoms with Crippen LogP contribution in [0.2, 0.25) is 0 Å². The molecule has 0 aromatic carbocycles. The Bertz CT molecular complexity index is 112. The van der Waals surface area contributed by atoms with Crippen LogP contribution in [0.5, 0.6) is 0 Å². The Morgan fingerprint density at radius 3 is 2.54 bits per heavy atom. The van der Waals surface area contributed by atoms with Crippen molar-refractivity contribution in [3.8, 4) is 0 Å². The molecule has 2 unspecified atom stereocenters. The third-order valence-corrected chi connectivity index (χ3v) is 1.77. The molecular formula is C8H17ClO4. The summed E-state index contributed by atoms with van der Waals surface area (Å²) < 4.78 is 0. The van der Waals surface area contributed by atoms with Gasteiger partial charge < -0.3 is 0 Å². The fraction of sp³-hybridized carbons (Fsp3) is 1.00. The van der Waals surface area contributed by atoms with Gasteiger partial charge in [-0.2, -0.15) is 0 Å². The van der Waals surface area contributed by atoms with Gasteiger partial charge in [-0.15, -0.1) is 0 Å². The van der Waals surface area contributed by atoms with Crippen molar-refractivity contribution >= 4 is 11.6 Å². The second-order valence-electron chi connectivity index (χ2n) is 2.77. The number of alkyl halides is 1. The number of halogens is 1. The van der Waals surface area contributed by atoms with E-state index in [4.69, 9.17) is 21.7 Å². The van der Waals surface area contributed by atoms with Crippen molar-refractivity contribution in [2.45, 2.75) is 51.4 Å². The van der Waals surface area contributed by atoms with E-state index in [2.05, 4.69) is 16.7 Å². The Morgan fingerprint density at radius 2 is 2.00 bits per heavy atom. The maximum atomic E-state index is 8.11. The summed E-state index contributed by atoms with van der Waals surface area (Å²) in [6, 6.07) is 0. The van der Waals surface area contributed by atoms with Crippen molar-refractivity contribution in [2.24, 2.45) is 0 Å². The smallest absolute Gasteiger partial charge is 0.221 e. The molecule has 0 aliphatic carbocycles. The lowest BCUT2D eigenvalue weighted by Gasteiger charge is -2.12. The van der Waals surface area contributed by atoms with Crippen LogP contribution in [0.15, 0.2) is 0 Å². The Labute approximate surface area is 83.6 Å². The predicted octanol–water partition coefficient (Wildman–Crippen LogP) is 2.92. The fourth-order valence-corrected chi connectivity index (χ4v) is 0.955. The third-order valence-electron chi connectivity index (χ3n) is 1.48. The van der Waals surface area contributed by atoms with Crippen molar-refractivity contribution in [1.29, 1.82) is 0 Å². The molecule has 0 amide bonds. The third kappa shape index (κ3) is 8.46. The number of rotatable bonds is 8. The first kappa shape index (κ1) is 13.1. The molecule has 0 fully saturated rings. The van der Waals surface area contributed by atoms with Crippen molar-refractivity contribution < 1.29 is 19.9 Å². The standard InChI is InChI=1S/C8H17ClO4/c1-3-4-5-6-8(9)13-12-7(2)11-10/h7-8,10H,3-6H2,1-2H3. The lowest BCUT2D eigenvalue weighted by Crippen LogP contribution is -2.15. The first-order chi connectivity index (χ1) is 6.20. The maximum absolute atomic E-state index is 8.11. The van der Waals surface area contributed by atoms with E-state index in [0.29, 0.717) is 0 Å². The number of hydrogen-bond acceptors (Lipinski definition) is 4. The summed E-state index contributed by atoms with van der Waals surface area (Å²) in [4.78, 5) is 13.1. The minimum Gasteiger partial charge on any atom is -0.249 e. The van der Waals surface area contributed by atoms with Gasteiger partial charge in [0.1, 0.15) is 0 Å². The van der Waals surface area contributed by atoms with Gasteiger partial charge in [0.25, 0.3) is 0 Å². The molecule has 80 valence electrons. The average Bonchev–Trinajstić information content (AvgIpc) is 2.14. The maximum Gasteiger partial charge on any atom is 0.221 e. The first-order valence-electron chi connectivity index (χ1n) is 4.47. The van der Waals surface area contributed by atoms with Gasteiger partial charge in [-0.1, -0.05) is 31.4 Å². The lowest BCUT2D eigenvalue weighted by atomic mass is 10.2. The largest absolute Gasteiger partial charge is 0.249 e. The molecule has 0 aliphatic rings. The van der Waals surface area contributed by atoms with Crippen molar-refractivity contribution in [2.75, 3.05) is 0 Å². The highest BCUT2D eigenvalue weighted by molar-refractivity contribution is 6.19. The molecule has 0 aliphatic heterocycles. The fourth-order valence-electron chi connectivity index (χ4n) is 0.759. The topological polar surface area (TPSA) is 47.9 Å². The highest BCUT2D eigenvalue weighted by Gasteiger charge is 2.08. The van der Waals surface area contributed by atoms with Gasteiger partial charge in [0.15, 0.2) is 5.56 Å². The summed E-state index contributed by atoms with van der Waals surface area (Å²) in [5, 5.41) is 8.11. The second-order valence-corrected chi connectivity index (χ2v) is 3.26. The van der Waals surface area contributed by atoms with Gasteiger partial charge in [0, 0.05) is 0 Å². The monoisotopic (exact) mass is 212 g/mol. The highest BCUT2D eigenvalue weighted by Crippen LogP contribution is 2.11. The van der Waals surface area contributed by atoms with Gasteiger partial charge in [-0.05, 0) is 19.8 Å². The quantitative estimate of drug-likeness (QED) is 0.221. The highest BCUT2D eigenvalue weighted by atomic mass is 35.5. The predicted molar refractivity (Wildman–Crippen MR) is 49.1 cm³/mol. The Kier molecular flexibility index (Phi) is 8.80. The molecule has 5 heteroatoms. The molecular weight excluding hydrogens is 196 g/mol. The zero-order valence-electron chi connectivity index (χ0n) is 8.03. The Morgan fingerprint density at radius 1 is 1.31 bits per heavy atom. The molecule has 13 heavy (non-hydrogen) atoms. The van der Waals surface area contributed by atoms with Crippen LogP contribution in [-0.2, 0) is 14.7 Å². The van der Waals surface area contributed by atoms with Gasteiger partial charge in [0.2, 0.25) is 6.29 Å². The minimum atomic E-state index is -0.813. The van der Waals surface area contributed by atoms with Crippen LogP contribution >= 0.6 is 11.6 Å². The lowest BCUT2D eigenvalue weighted by molar-refractivity contribution is -0.447. The first-order valence-corrected chi connectivity index (χ1v) is 4.90. The van der Waals surface area contributed by atoms with E-state index in [-0.39, 0.29) is 0 Å². The van der Waals surface area contributed by atoms with Crippen LogP contribution in [0.25, 0.3) is 0 Å². The molecule has 1 N–H and O–H groups in total. The molecule has 0 bridgehead atoms. The van der Waals surface area contributed by atoms with Crippen LogP contribution in [0.3, 0.4) is 0 Å². The normalized spacial score (nSPS) is 15.7. The molecule has 0 saturated heterocycles. The zero-order valence-corrected chi connectivity index (χ0v) is 8.79. The Balaban J connectivity index is 3.24. The molecule has 0 aromatic heterocycles. The Hall–Kier alpha value is 0.130. The summed E-state index contributed by atoms with van der Waals surface area (Å²) in [6.45, 7) is 3.61. The van der Waals surface area contributed by atoms with E-state index in [1.165, 1.54) is 6.92 Å². The SMILES string of the molecule is CCCCCC(Cl)OOC(C)OO. The van der Waals surface area contributed by atoms with Crippen LogP contribution in [-0.4, -0.2) is 17.1 Å². The van der Waals surface area contributed by atoms with Crippen LogP contribution < -0.4 is 0 Å². The molecule has 0 heterocycles. The van der Waals surface area contributed by atoms with Gasteiger partial charge >= 0.3 is 0 Å². The van der Waals surface area contributed by atoms with E-state index in [9.17, 15) is 0 Å². The zero-order chi connectivity index (χ0) is 10.1. The molecule has 0 spiro atoms. The van der Waals surface area contributed by atoms with E-state index >= 15 is 0 Å². The van der Waals surface area contributed by atoms with Gasteiger partial charge in [-0.3, -0.25) is 0 Å². The van der Waals surface area contributed by atoms with Crippen LogP contribution in [0.1, 0.15) is 39.5 Å². The van der Waals surface area contributed by atoms with Crippen molar-refractivity contribution in [3.05, 3.63) is 0 Å². The summed E-state index contributed by atoms with van der Waals surface area (Å²) in [5.41, 5.74) is -0.482. The summed E-state index contributed by atoms with van der Waals surface area (Å²) in [7, 11) is 0. The van der Waals surface area contributed by atoms with E-state index < -0.39 is 11.9 Å². The van der Waals surface area contributed by atoms with Crippen molar-refractivity contribution in [3.63, 3.8) is 0 Å². The molecule has 0 radical (unpaired) electrons. The van der Waals surface area contributed by atoms with E-state index in [1.807, 2.05) is 0 Å². The van der Waals surface area contributed by atoms with E-state index in [0.717, 1.165) is 25.7 Å². The second kappa shape index (κ2) is 8.72. The summed E-state index contributed by atoms with van der Waals surface area (Å²) in [6.07, 6.45) is 3.18. The molecule has 2 atom stereocenters. The van der Waals surface area contributed by atoms with Crippen LogP contribution in [0.4, 0.5) is 0 Å². The molecule has 0 saturated carbocycles. The van der Waals surface area contributed by atoms with Crippen LogP contribution in [0, 0.1) is 0 Å². The molecule has 4 nitrogen and oxygen atoms in total. The van der Waals surface area contributed by atoms with Gasteiger partial charge in [-0.25, -0.2) is 19.9 Å². The van der Waals surface area contributed by atoms with Crippen molar-refractivity contribution in [1.82, 2.24) is 0 Å².